The lowest BCUT2D eigenvalue weighted by molar-refractivity contribution is -0.115. The fourth-order valence-electron chi connectivity index (χ4n) is 2.32. The molecule has 0 saturated carbocycles. The number of benzene rings is 2. The molecule has 5 nitrogen and oxygen atoms in total. The molecule has 0 radical (unpaired) electrons. The summed E-state index contributed by atoms with van der Waals surface area (Å²) in [6.45, 7) is 3.63. The fraction of sp³-hybridized carbons (Fsp3) is 0.150. The van der Waals surface area contributed by atoms with Gasteiger partial charge in [-0.15, -0.1) is 5.10 Å². The van der Waals surface area contributed by atoms with Gasteiger partial charge in [0.2, 0.25) is 11.1 Å². The van der Waals surface area contributed by atoms with Crippen LogP contribution in [0, 0.1) is 12.7 Å². The number of aromatic amines is 1. The molecule has 1 heterocycles. The van der Waals surface area contributed by atoms with Crippen LogP contribution in [0.25, 0.3) is 12.2 Å². The smallest absolute Gasteiger partial charge is 0.237 e. The number of carbonyl (C=O) groups excluding carboxylic acids is 1. The molecule has 2 N–H and O–H groups in total. The van der Waals surface area contributed by atoms with E-state index in [2.05, 4.69) is 20.5 Å². The highest BCUT2D eigenvalue weighted by molar-refractivity contribution is 8.00. The quantitative estimate of drug-likeness (QED) is 0.542. The molecule has 0 bridgehead atoms. The Kier molecular flexibility index (Phi) is 6.49. The van der Waals surface area contributed by atoms with E-state index in [9.17, 15) is 9.18 Å². The van der Waals surface area contributed by atoms with Crippen molar-refractivity contribution in [1.82, 2.24) is 15.2 Å². The molecule has 1 aromatic heterocycles. The highest BCUT2D eigenvalue weighted by Crippen LogP contribution is 2.25. The highest BCUT2D eigenvalue weighted by Gasteiger charge is 2.18. The summed E-state index contributed by atoms with van der Waals surface area (Å²) < 4.78 is 12.9. The first-order valence-corrected chi connectivity index (χ1v) is 9.77. The Balaban J connectivity index is 1.60. The average molecular weight is 417 g/mol. The number of carbonyl (C=O) groups is 1. The first-order chi connectivity index (χ1) is 13.4. The lowest BCUT2D eigenvalue weighted by Gasteiger charge is -2.12. The summed E-state index contributed by atoms with van der Waals surface area (Å²) in [4.78, 5) is 16.8. The number of hydrogen-bond donors (Lipinski definition) is 2. The maximum Gasteiger partial charge on any atom is 0.237 e. The zero-order valence-corrected chi connectivity index (χ0v) is 16.8. The van der Waals surface area contributed by atoms with Gasteiger partial charge in [-0.05, 0) is 55.3 Å². The summed E-state index contributed by atoms with van der Waals surface area (Å²) in [5.41, 5.74) is 2.35. The number of rotatable bonds is 6. The number of amides is 1. The SMILES string of the molecule is Cc1c(Cl)cccc1NC(=O)C(C)Sc1n[nH]c(/C=C/c2ccc(F)cc2)n1. The van der Waals surface area contributed by atoms with E-state index in [0.717, 1.165) is 11.1 Å². The summed E-state index contributed by atoms with van der Waals surface area (Å²) >= 11 is 7.33. The number of nitrogens with zero attached hydrogens (tertiary/aromatic N) is 2. The molecule has 0 aliphatic rings. The number of thioether (sulfide) groups is 1. The van der Waals surface area contributed by atoms with Gasteiger partial charge in [-0.1, -0.05) is 47.6 Å². The Labute approximate surface area is 171 Å². The minimum absolute atomic E-state index is 0.163. The first-order valence-electron chi connectivity index (χ1n) is 8.51. The van der Waals surface area contributed by atoms with Crippen LogP contribution in [0.5, 0.6) is 0 Å². The normalized spacial score (nSPS) is 12.3. The zero-order chi connectivity index (χ0) is 20.1. The average Bonchev–Trinajstić information content (AvgIpc) is 3.12. The van der Waals surface area contributed by atoms with E-state index in [0.29, 0.717) is 21.7 Å². The number of anilines is 1. The molecule has 0 fully saturated rings. The van der Waals surface area contributed by atoms with Gasteiger partial charge in [-0.3, -0.25) is 9.89 Å². The van der Waals surface area contributed by atoms with Crippen molar-refractivity contribution >= 4 is 47.1 Å². The van der Waals surface area contributed by atoms with Crippen LogP contribution in [0.15, 0.2) is 47.6 Å². The Morgan fingerprint density at radius 1 is 1.25 bits per heavy atom. The van der Waals surface area contributed by atoms with Crippen molar-refractivity contribution in [1.29, 1.82) is 0 Å². The maximum absolute atomic E-state index is 12.9. The molecule has 0 spiro atoms. The molecule has 1 amide bonds. The number of halogens is 2. The molecule has 28 heavy (non-hydrogen) atoms. The van der Waals surface area contributed by atoms with Crippen LogP contribution in [0.4, 0.5) is 10.1 Å². The lowest BCUT2D eigenvalue weighted by Crippen LogP contribution is -2.23. The predicted molar refractivity (Wildman–Crippen MR) is 112 cm³/mol. The molecule has 2 aromatic carbocycles. The molecule has 1 atom stereocenters. The second-order valence-corrected chi connectivity index (χ2v) is 7.76. The molecular formula is C20H18ClFN4OS. The zero-order valence-electron chi connectivity index (χ0n) is 15.2. The van der Waals surface area contributed by atoms with Crippen molar-refractivity contribution < 1.29 is 9.18 Å². The maximum atomic E-state index is 12.9. The molecule has 3 rings (SSSR count). The molecule has 0 saturated heterocycles. The van der Waals surface area contributed by atoms with Crippen molar-refractivity contribution in [2.45, 2.75) is 24.3 Å². The summed E-state index contributed by atoms with van der Waals surface area (Å²) in [5.74, 6) is 0.101. The number of aromatic nitrogens is 3. The number of nitrogens with one attached hydrogen (secondary N) is 2. The summed E-state index contributed by atoms with van der Waals surface area (Å²) in [5, 5.41) is 10.5. The van der Waals surface area contributed by atoms with Gasteiger partial charge < -0.3 is 5.32 Å². The van der Waals surface area contributed by atoms with E-state index in [-0.39, 0.29) is 11.7 Å². The second-order valence-electron chi connectivity index (χ2n) is 6.05. The third kappa shape index (κ3) is 5.21. The van der Waals surface area contributed by atoms with E-state index in [4.69, 9.17) is 11.6 Å². The minimum Gasteiger partial charge on any atom is -0.325 e. The minimum atomic E-state index is -0.400. The number of H-pyrrole nitrogens is 1. The van der Waals surface area contributed by atoms with E-state index in [1.165, 1.54) is 23.9 Å². The Morgan fingerprint density at radius 2 is 2.00 bits per heavy atom. The molecule has 1 unspecified atom stereocenters. The van der Waals surface area contributed by atoms with Gasteiger partial charge in [0.1, 0.15) is 11.6 Å². The van der Waals surface area contributed by atoms with Crippen LogP contribution in [0.1, 0.15) is 23.9 Å². The van der Waals surface area contributed by atoms with Crippen LogP contribution < -0.4 is 5.32 Å². The lowest BCUT2D eigenvalue weighted by atomic mass is 10.2. The van der Waals surface area contributed by atoms with E-state index in [1.807, 2.05) is 13.0 Å². The highest BCUT2D eigenvalue weighted by atomic mass is 35.5. The van der Waals surface area contributed by atoms with Crippen LogP contribution in [-0.4, -0.2) is 26.3 Å². The topological polar surface area (TPSA) is 70.7 Å². The van der Waals surface area contributed by atoms with Crippen molar-refractivity contribution in [2.75, 3.05) is 5.32 Å². The van der Waals surface area contributed by atoms with E-state index in [1.54, 1.807) is 43.3 Å². The summed E-state index contributed by atoms with van der Waals surface area (Å²) in [7, 11) is 0. The van der Waals surface area contributed by atoms with Gasteiger partial charge in [0.25, 0.3) is 0 Å². The predicted octanol–water partition coefficient (Wildman–Crippen LogP) is 5.20. The number of hydrogen-bond acceptors (Lipinski definition) is 4. The van der Waals surface area contributed by atoms with Crippen molar-refractivity contribution in [3.63, 3.8) is 0 Å². The van der Waals surface area contributed by atoms with Crippen molar-refractivity contribution in [2.24, 2.45) is 0 Å². The standard InChI is InChI=1S/C20H18ClFN4OS/c1-12-16(21)4-3-5-17(12)23-19(27)13(2)28-20-24-18(25-26-20)11-8-14-6-9-15(22)10-7-14/h3-11,13H,1-2H3,(H,23,27)(H,24,25,26)/b11-8+. The van der Waals surface area contributed by atoms with Gasteiger partial charge in [0.15, 0.2) is 0 Å². The van der Waals surface area contributed by atoms with Crippen LogP contribution >= 0.6 is 23.4 Å². The van der Waals surface area contributed by atoms with Crippen molar-refractivity contribution in [3.8, 4) is 0 Å². The second kappa shape index (κ2) is 9.03. The Hall–Kier alpha value is -2.64. The van der Waals surface area contributed by atoms with Gasteiger partial charge in [0.05, 0.1) is 5.25 Å². The largest absolute Gasteiger partial charge is 0.325 e. The Bertz CT molecular complexity index is 1000. The molecular weight excluding hydrogens is 399 g/mol. The molecule has 0 aliphatic carbocycles. The summed E-state index contributed by atoms with van der Waals surface area (Å²) in [6, 6.07) is 11.5. The monoisotopic (exact) mass is 416 g/mol. The molecule has 144 valence electrons. The fourth-order valence-corrected chi connectivity index (χ4v) is 3.23. The van der Waals surface area contributed by atoms with Gasteiger partial charge in [-0.25, -0.2) is 9.37 Å². The molecule has 8 heteroatoms. The van der Waals surface area contributed by atoms with E-state index >= 15 is 0 Å². The van der Waals surface area contributed by atoms with E-state index < -0.39 is 5.25 Å². The van der Waals surface area contributed by atoms with Crippen LogP contribution in [-0.2, 0) is 4.79 Å². The van der Waals surface area contributed by atoms with Gasteiger partial charge in [-0.2, -0.15) is 0 Å². The molecule has 3 aromatic rings. The van der Waals surface area contributed by atoms with Gasteiger partial charge >= 0.3 is 0 Å². The van der Waals surface area contributed by atoms with Crippen LogP contribution in [0.2, 0.25) is 5.02 Å². The van der Waals surface area contributed by atoms with Gasteiger partial charge in [0, 0.05) is 10.7 Å². The van der Waals surface area contributed by atoms with Crippen molar-refractivity contribution in [3.05, 3.63) is 70.3 Å². The third-order valence-electron chi connectivity index (χ3n) is 3.96. The first kappa shape index (κ1) is 20.1. The Morgan fingerprint density at radius 3 is 2.75 bits per heavy atom. The third-order valence-corrected chi connectivity index (χ3v) is 5.33. The summed E-state index contributed by atoms with van der Waals surface area (Å²) in [6.07, 6.45) is 3.54. The van der Waals surface area contributed by atoms with Crippen LogP contribution in [0.3, 0.4) is 0 Å². The molecule has 0 aliphatic heterocycles.